The highest BCUT2D eigenvalue weighted by atomic mass is 32.2. The Morgan fingerprint density at radius 3 is 2.30 bits per heavy atom. The Bertz CT molecular complexity index is 1320. The molecular formula is C23H21N3O3S. The van der Waals surface area contributed by atoms with Crippen molar-refractivity contribution in [3.8, 4) is 0 Å². The minimum atomic E-state index is -3.24. The molecule has 0 radical (unpaired) electrons. The summed E-state index contributed by atoms with van der Waals surface area (Å²) in [4.78, 5) is 13.2. The fourth-order valence-electron chi connectivity index (χ4n) is 3.26. The molecule has 1 aromatic heterocycles. The van der Waals surface area contributed by atoms with Crippen LogP contribution in [0.1, 0.15) is 21.6 Å². The normalized spacial score (nSPS) is 11.5. The molecule has 0 unspecified atom stereocenters. The standard InChI is InChI=1S/C23H21N3O3S/c1-16-7-11-18(12-8-16)24-23(27)22-20-5-3-4-6-21(20)26(25-22)15-17-9-13-19(14-10-17)30(2,28)29/h3-14H,15H2,1-2H3,(H,24,27). The molecule has 1 amide bonds. The monoisotopic (exact) mass is 419 g/mol. The van der Waals surface area contributed by atoms with Crippen LogP contribution in [0.5, 0.6) is 0 Å². The van der Waals surface area contributed by atoms with Crippen molar-refractivity contribution in [2.75, 3.05) is 11.6 Å². The first-order valence-corrected chi connectivity index (χ1v) is 11.3. The van der Waals surface area contributed by atoms with Gasteiger partial charge in [-0.15, -0.1) is 0 Å². The maximum absolute atomic E-state index is 12.9. The molecule has 152 valence electrons. The number of carbonyl (C=O) groups excluding carboxylic acids is 1. The molecule has 0 aliphatic rings. The van der Waals surface area contributed by atoms with Crippen LogP contribution >= 0.6 is 0 Å². The third-order valence-corrected chi connectivity index (χ3v) is 5.99. The molecule has 0 fully saturated rings. The number of para-hydroxylation sites is 1. The van der Waals surface area contributed by atoms with Crippen LogP contribution in [-0.4, -0.2) is 30.4 Å². The maximum Gasteiger partial charge on any atom is 0.276 e. The van der Waals surface area contributed by atoms with Crippen molar-refractivity contribution in [2.45, 2.75) is 18.4 Å². The quantitative estimate of drug-likeness (QED) is 0.529. The SMILES string of the molecule is Cc1ccc(NC(=O)c2nn(Cc3ccc(S(C)(=O)=O)cc3)c3ccccc23)cc1. The van der Waals surface area contributed by atoms with E-state index in [0.29, 0.717) is 17.9 Å². The van der Waals surface area contributed by atoms with Gasteiger partial charge in [0, 0.05) is 17.3 Å². The topological polar surface area (TPSA) is 81.1 Å². The second-order valence-electron chi connectivity index (χ2n) is 7.26. The molecule has 0 spiro atoms. The number of nitrogens with zero attached hydrogens (tertiary/aromatic N) is 2. The Balaban J connectivity index is 1.65. The lowest BCUT2D eigenvalue weighted by molar-refractivity contribution is 0.102. The zero-order valence-corrected chi connectivity index (χ0v) is 17.5. The van der Waals surface area contributed by atoms with E-state index in [9.17, 15) is 13.2 Å². The molecule has 7 heteroatoms. The van der Waals surface area contributed by atoms with Crippen molar-refractivity contribution >= 4 is 32.3 Å². The van der Waals surface area contributed by atoms with Gasteiger partial charge < -0.3 is 5.32 Å². The first kappa shape index (κ1) is 19.8. The highest BCUT2D eigenvalue weighted by molar-refractivity contribution is 7.90. The van der Waals surface area contributed by atoms with E-state index in [1.165, 1.54) is 6.26 Å². The molecular weight excluding hydrogens is 398 g/mol. The summed E-state index contributed by atoms with van der Waals surface area (Å²) in [7, 11) is -3.24. The van der Waals surface area contributed by atoms with Crippen LogP contribution in [0.2, 0.25) is 0 Å². The number of hydrogen-bond donors (Lipinski definition) is 1. The molecule has 0 atom stereocenters. The zero-order valence-electron chi connectivity index (χ0n) is 16.7. The molecule has 1 heterocycles. The summed E-state index contributed by atoms with van der Waals surface area (Å²) in [6, 6.07) is 21.8. The molecule has 1 N–H and O–H groups in total. The lowest BCUT2D eigenvalue weighted by Crippen LogP contribution is -2.14. The molecule has 6 nitrogen and oxygen atoms in total. The summed E-state index contributed by atoms with van der Waals surface area (Å²) in [6.45, 7) is 2.41. The predicted octanol–water partition coefficient (Wildman–Crippen LogP) is 4.05. The van der Waals surface area contributed by atoms with Crippen molar-refractivity contribution in [1.82, 2.24) is 9.78 Å². The number of hydrogen-bond acceptors (Lipinski definition) is 4. The molecule has 3 aromatic carbocycles. The van der Waals surface area contributed by atoms with E-state index in [2.05, 4.69) is 10.4 Å². The summed E-state index contributed by atoms with van der Waals surface area (Å²) >= 11 is 0. The van der Waals surface area contributed by atoms with Crippen LogP contribution in [0.25, 0.3) is 10.9 Å². The predicted molar refractivity (Wildman–Crippen MR) is 118 cm³/mol. The van der Waals surface area contributed by atoms with E-state index in [0.717, 1.165) is 22.0 Å². The van der Waals surface area contributed by atoms with Crippen molar-refractivity contribution in [2.24, 2.45) is 0 Å². The number of carbonyl (C=O) groups is 1. The van der Waals surface area contributed by atoms with Gasteiger partial charge in [0.05, 0.1) is 17.0 Å². The Hall–Kier alpha value is -3.45. The van der Waals surface area contributed by atoms with Gasteiger partial charge in [-0.1, -0.05) is 48.0 Å². The number of aryl methyl sites for hydroxylation is 1. The number of sulfone groups is 1. The largest absolute Gasteiger partial charge is 0.321 e. The number of anilines is 1. The minimum absolute atomic E-state index is 0.273. The Kier molecular flexibility index (Phi) is 5.13. The van der Waals surface area contributed by atoms with Crippen molar-refractivity contribution in [1.29, 1.82) is 0 Å². The van der Waals surface area contributed by atoms with Gasteiger partial charge in [0.1, 0.15) is 0 Å². The van der Waals surface area contributed by atoms with Gasteiger partial charge in [0.25, 0.3) is 5.91 Å². The molecule has 4 rings (SSSR count). The fourth-order valence-corrected chi connectivity index (χ4v) is 3.89. The minimum Gasteiger partial charge on any atom is -0.321 e. The van der Waals surface area contributed by atoms with Crippen LogP contribution in [-0.2, 0) is 16.4 Å². The van der Waals surface area contributed by atoms with Crippen LogP contribution < -0.4 is 5.32 Å². The lowest BCUT2D eigenvalue weighted by atomic mass is 10.2. The van der Waals surface area contributed by atoms with Crippen molar-refractivity contribution in [3.05, 3.63) is 89.6 Å². The van der Waals surface area contributed by atoms with Gasteiger partial charge in [-0.3, -0.25) is 9.48 Å². The Morgan fingerprint density at radius 2 is 1.63 bits per heavy atom. The lowest BCUT2D eigenvalue weighted by Gasteiger charge is -2.05. The zero-order chi connectivity index (χ0) is 21.3. The number of aromatic nitrogens is 2. The van der Waals surface area contributed by atoms with E-state index < -0.39 is 9.84 Å². The summed E-state index contributed by atoms with van der Waals surface area (Å²) in [5.41, 5.74) is 3.89. The van der Waals surface area contributed by atoms with Gasteiger partial charge in [-0.2, -0.15) is 5.10 Å². The summed E-state index contributed by atoms with van der Waals surface area (Å²) in [5, 5.41) is 8.21. The van der Waals surface area contributed by atoms with Crippen molar-refractivity contribution < 1.29 is 13.2 Å². The molecule has 0 aliphatic heterocycles. The second-order valence-corrected chi connectivity index (χ2v) is 9.28. The molecule has 0 aliphatic carbocycles. The Labute approximate surface area is 175 Å². The second kappa shape index (κ2) is 7.76. The summed E-state index contributed by atoms with van der Waals surface area (Å²) in [5.74, 6) is -0.277. The molecule has 0 bridgehead atoms. The summed E-state index contributed by atoms with van der Waals surface area (Å²) in [6.07, 6.45) is 1.18. The first-order valence-electron chi connectivity index (χ1n) is 9.44. The number of nitrogens with one attached hydrogen (secondary N) is 1. The molecule has 0 saturated heterocycles. The van der Waals surface area contributed by atoms with E-state index in [1.54, 1.807) is 28.9 Å². The van der Waals surface area contributed by atoms with E-state index in [4.69, 9.17) is 0 Å². The smallest absolute Gasteiger partial charge is 0.276 e. The van der Waals surface area contributed by atoms with Crippen LogP contribution in [0.4, 0.5) is 5.69 Å². The highest BCUT2D eigenvalue weighted by Gasteiger charge is 2.17. The van der Waals surface area contributed by atoms with Crippen molar-refractivity contribution in [3.63, 3.8) is 0 Å². The average molecular weight is 420 g/mol. The van der Waals surface area contributed by atoms with E-state index in [-0.39, 0.29) is 10.8 Å². The number of fused-ring (bicyclic) bond motifs is 1. The highest BCUT2D eigenvalue weighted by Crippen LogP contribution is 2.21. The third-order valence-electron chi connectivity index (χ3n) is 4.87. The van der Waals surface area contributed by atoms with E-state index >= 15 is 0 Å². The molecule has 0 saturated carbocycles. The van der Waals surface area contributed by atoms with Gasteiger partial charge in [-0.25, -0.2) is 8.42 Å². The number of benzene rings is 3. The van der Waals surface area contributed by atoms with Gasteiger partial charge >= 0.3 is 0 Å². The summed E-state index contributed by atoms with van der Waals surface area (Å²) < 4.78 is 25.1. The van der Waals surface area contributed by atoms with Gasteiger partial charge in [0.15, 0.2) is 15.5 Å². The van der Waals surface area contributed by atoms with Gasteiger partial charge in [0.2, 0.25) is 0 Å². The third kappa shape index (κ3) is 4.11. The van der Waals surface area contributed by atoms with Crippen LogP contribution in [0, 0.1) is 6.92 Å². The number of rotatable bonds is 5. The fraction of sp³-hybridized carbons (Fsp3) is 0.130. The number of amides is 1. The molecule has 4 aromatic rings. The van der Waals surface area contributed by atoms with Gasteiger partial charge in [-0.05, 0) is 42.8 Å². The Morgan fingerprint density at radius 1 is 0.967 bits per heavy atom. The first-order chi connectivity index (χ1) is 14.3. The average Bonchev–Trinajstić information content (AvgIpc) is 3.08. The molecule has 30 heavy (non-hydrogen) atoms. The van der Waals surface area contributed by atoms with Crippen LogP contribution in [0.3, 0.4) is 0 Å². The van der Waals surface area contributed by atoms with E-state index in [1.807, 2.05) is 55.5 Å². The maximum atomic E-state index is 12.9. The van der Waals surface area contributed by atoms with Crippen LogP contribution in [0.15, 0.2) is 77.7 Å².